The molecule has 8 nitrogen and oxygen atoms in total. The highest BCUT2D eigenvalue weighted by molar-refractivity contribution is 7.80. The molecule has 0 spiro atoms. The molecular formula is C22H22ClF3N4O4S. The number of alkyl halides is 3. The topological polar surface area (TPSA) is 83.1 Å². The molecule has 13 heteroatoms. The molecule has 0 saturated carbocycles. The van der Waals surface area contributed by atoms with Crippen molar-refractivity contribution >= 4 is 52.1 Å². The maximum Gasteiger partial charge on any atom is 0.471 e. The van der Waals surface area contributed by atoms with E-state index in [4.69, 9.17) is 33.3 Å². The number of anilines is 2. The van der Waals surface area contributed by atoms with Crippen molar-refractivity contribution in [3.8, 4) is 11.5 Å². The van der Waals surface area contributed by atoms with E-state index >= 15 is 0 Å². The van der Waals surface area contributed by atoms with Crippen LogP contribution in [0.4, 0.5) is 24.5 Å². The van der Waals surface area contributed by atoms with Crippen molar-refractivity contribution < 1.29 is 32.2 Å². The van der Waals surface area contributed by atoms with Crippen LogP contribution in [0.1, 0.15) is 10.4 Å². The van der Waals surface area contributed by atoms with E-state index in [0.29, 0.717) is 27.9 Å². The standard InChI is InChI=1S/C22H22ClF3N4O4S/c1-33-15-9-13(10-16(12-15)34-2)19(31)28-21(35)27-14-3-4-18(17(23)11-14)29-5-7-30(8-6-29)20(32)22(24,25)26/h3-4,9-12H,5-8H2,1-2H3,(H2,27,28,31,35). The Morgan fingerprint density at radius 2 is 1.60 bits per heavy atom. The quantitative estimate of drug-likeness (QED) is 0.570. The zero-order valence-electron chi connectivity index (χ0n) is 18.7. The van der Waals surface area contributed by atoms with Crippen LogP contribution >= 0.6 is 23.8 Å². The van der Waals surface area contributed by atoms with E-state index in [1.54, 1.807) is 29.2 Å². The van der Waals surface area contributed by atoms with Crippen molar-refractivity contribution in [2.24, 2.45) is 0 Å². The number of ether oxygens (including phenoxy) is 2. The van der Waals surface area contributed by atoms with Crippen LogP contribution in [0.15, 0.2) is 36.4 Å². The van der Waals surface area contributed by atoms with Crippen molar-refractivity contribution in [1.82, 2.24) is 10.2 Å². The molecule has 0 radical (unpaired) electrons. The zero-order chi connectivity index (χ0) is 25.8. The number of hydrogen-bond acceptors (Lipinski definition) is 6. The van der Waals surface area contributed by atoms with Crippen molar-refractivity contribution in [3.63, 3.8) is 0 Å². The first-order valence-corrected chi connectivity index (χ1v) is 11.1. The van der Waals surface area contributed by atoms with E-state index in [2.05, 4.69) is 10.6 Å². The SMILES string of the molecule is COc1cc(OC)cc(C(=O)NC(=S)Nc2ccc(N3CCN(C(=O)C(F)(F)F)CC3)c(Cl)c2)c1. The summed E-state index contributed by atoms with van der Waals surface area (Å²) in [5.41, 5.74) is 1.38. The molecule has 1 heterocycles. The zero-order valence-corrected chi connectivity index (χ0v) is 20.3. The van der Waals surface area contributed by atoms with Gasteiger partial charge in [0.1, 0.15) is 11.5 Å². The predicted octanol–water partition coefficient (Wildman–Crippen LogP) is 3.69. The monoisotopic (exact) mass is 530 g/mol. The Labute approximate surface area is 209 Å². The van der Waals surface area contributed by atoms with E-state index in [1.807, 2.05) is 0 Å². The number of amides is 2. The van der Waals surface area contributed by atoms with Gasteiger partial charge in [0.15, 0.2) is 5.11 Å². The normalized spacial score (nSPS) is 13.8. The second-order valence-corrected chi connectivity index (χ2v) is 8.27. The number of hydrogen-bond donors (Lipinski definition) is 2. The van der Waals surface area contributed by atoms with Crippen LogP contribution in [0.5, 0.6) is 11.5 Å². The van der Waals surface area contributed by atoms with Gasteiger partial charge in [-0.05, 0) is 42.5 Å². The van der Waals surface area contributed by atoms with E-state index in [0.717, 1.165) is 4.90 Å². The second kappa shape index (κ2) is 11.0. The molecule has 0 unspecified atom stereocenters. The largest absolute Gasteiger partial charge is 0.497 e. The lowest BCUT2D eigenvalue weighted by Gasteiger charge is -2.36. The Morgan fingerprint density at radius 3 is 2.11 bits per heavy atom. The highest BCUT2D eigenvalue weighted by atomic mass is 35.5. The smallest absolute Gasteiger partial charge is 0.471 e. The van der Waals surface area contributed by atoms with Crippen LogP contribution in [0, 0.1) is 0 Å². The highest BCUT2D eigenvalue weighted by Gasteiger charge is 2.43. The Hall–Kier alpha value is -3.25. The van der Waals surface area contributed by atoms with Gasteiger partial charge < -0.3 is 24.6 Å². The molecule has 0 bridgehead atoms. The molecule has 1 aliphatic heterocycles. The summed E-state index contributed by atoms with van der Waals surface area (Å²) in [5, 5.41) is 5.78. The summed E-state index contributed by atoms with van der Waals surface area (Å²) in [6.07, 6.45) is -4.89. The van der Waals surface area contributed by atoms with E-state index in [9.17, 15) is 22.8 Å². The van der Waals surface area contributed by atoms with E-state index < -0.39 is 18.0 Å². The van der Waals surface area contributed by atoms with Gasteiger partial charge >= 0.3 is 12.1 Å². The average Bonchev–Trinajstić information content (AvgIpc) is 2.82. The van der Waals surface area contributed by atoms with Gasteiger partial charge in [-0.2, -0.15) is 13.2 Å². The number of piperazine rings is 1. The Bertz CT molecular complexity index is 1100. The third kappa shape index (κ3) is 6.67. The van der Waals surface area contributed by atoms with Gasteiger partial charge in [0.25, 0.3) is 5.91 Å². The number of rotatable bonds is 5. The number of carbonyl (C=O) groups is 2. The molecule has 2 amide bonds. The average molecular weight is 531 g/mol. The van der Waals surface area contributed by atoms with Gasteiger partial charge in [-0.15, -0.1) is 0 Å². The first-order chi connectivity index (χ1) is 16.5. The molecule has 0 atom stereocenters. The summed E-state index contributed by atoms with van der Waals surface area (Å²) in [6, 6.07) is 9.63. The fourth-order valence-electron chi connectivity index (χ4n) is 3.45. The first-order valence-electron chi connectivity index (χ1n) is 10.3. The number of methoxy groups -OCH3 is 2. The molecule has 3 rings (SSSR count). The summed E-state index contributed by atoms with van der Waals surface area (Å²) in [5.74, 6) is -1.43. The first kappa shape index (κ1) is 26.4. The van der Waals surface area contributed by atoms with Crippen molar-refractivity contribution in [2.75, 3.05) is 50.6 Å². The summed E-state index contributed by atoms with van der Waals surface area (Å²) in [6.45, 7) is 0.263. The summed E-state index contributed by atoms with van der Waals surface area (Å²) < 4.78 is 48.2. The summed E-state index contributed by atoms with van der Waals surface area (Å²) in [4.78, 5) is 26.5. The fourth-order valence-corrected chi connectivity index (χ4v) is 3.96. The van der Waals surface area contributed by atoms with Gasteiger partial charge in [0.05, 0.1) is 24.9 Å². The molecule has 2 aromatic carbocycles. The van der Waals surface area contributed by atoms with E-state index in [1.165, 1.54) is 26.4 Å². The second-order valence-electron chi connectivity index (χ2n) is 7.45. The minimum absolute atomic E-state index is 0.0277. The molecule has 0 aromatic heterocycles. The van der Waals surface area contributed by atoms with Crippen molar-refractivity contribution in [2.45, 2.75) is 6.18 Å². The number of halogens is 4. The van der Waals surface area contributed by atoms with Crippen LogP contribution in [0.2, 0.25) is 5.02 Å². The van der Waals surface area contributed by atoms with Gasteiger partial charge in [-0.1, -0.05) is 11.6 Å². The number of thiocarbonyl (C=S) groups is 1. The van der Waals surface area contributed by atoms with Crippen LogP contribution in [-0.2, 0) is 4.79 Å². The Kier molecular flexibility index (Phi) is 8.28. The van der Waals surface area contributed by atoms with E-state index in [-0.39, 0.29) is 36.9 Å². The summed E-state index contributed by atoms with van der Waals surface area (Å²) >= 11 is 11.6. The van der Waals surface area contributed by atoms with Gasteiger partial charge in [0, 0.05) is 43.5 Å². The van der Waals surface area contributed by atoms with Crippen LogP contribution in [0.3, 0.4) is 0 Å². The lowest BCUT2D eigenvalue weighted by molar-refractivity contribution is -0.185. The Balaban J connectivity index is 1.60. The van der Waals surface area contributed by atoms with Crippen molar-refractivity contribution in [3.05, 3.63) is 47.0 Å². The molecule has 188 valence electrons. The molecule has 35 heavy (non-hydrogen) atoms. The third-order valence-electron chi connectivity index (χ3n) is 5.20. The minimum Gasteiger partial charge on any atom is -0.497 e. The maximum atomic E-state index is 12.6. The molecule has 2 N–H and O–H groups in total. The number of carbonyl (C=O) groups excluding carboxylic acids is 2. The maximum absolute atomic E-state index is 12.6. The molecule has 1 aliphatic rings. The predicted molar refractivity (Wildman–Crippen MR) is 130 cm³/mol. The van der Waals surface area contributed by atoms with Crippen LogP contribution < -0.4 is 25.0 Å². The van der Waals surface area contributed by atoms with Gasteiger partial charge in [-0.25, -0.2) is 0 Å². The third-order valence-corrected chi connectivity index (χ3v) is 5.70. The lowest BCUT2D eigenvalue weighted by Crippen LogP contribution is -2.52. The number of nitrogens with zero attached hydrogens (tertiary/aromatic N) is 2. The highest BCUT2D eigenvalue weighted by Crippen LogP contribution is 2.30. The molecule has 2 aromatic rings. The fraction of sp³-hybridized carbons (Fsp3) is 0.318. The Morgan fingerprint density at radius 1 is 1.00 bits per heavy atom. The lowest BCUT2D eigenvalue weighted by atomic mass is 10.2. The summed E-state index contributed by atoms with van der Waals surface area (Å²) in [7, 11) is 2.94. The van der Waals surface area contributed by atoms with Crippen molar-refractivity contribution in [1.29, 1.82) is 0 Å². The van der Waals surface area contributed by atoms with Crippen LogP contribution in [0.25, 0.3) is 0 Å². The molecule has 1 fully saturated rings. The molecular weight excluding hydrogens is 509 g/mol. The number of nitrogens with one attached hydrogen (secondary N) is 2. The van der Waals surface area contributed by atoms with Gasteiger partial charge in [-0.3, -0.25) is 14.9 Å². The minimum atomic E-state index is -4.89. The van der Waals surface area contributed by atoms with Crippen LogP contribution in [-0.4, -0.2) is 68.4 Å². The molecule has 1 saturated heterocycles. The van der Waals surface area contributed by atoms with Gasteiger partial charge in [0.2, 0.25) is 0 Å². The number of benzene rings is 2. The molecule has 0 aliphatic carbocycles.